The average molecular weight is 349 g/mol. The molecule has 21 heavy (non-hydrogen) atoms. The third-order valence-corrected chi connectivity index (χ3v) is 6.86. The van der Waals surface area contributed by atoms with Crippen molar-refractivity contribution in [1.29, 1.82) is 0 Å². The number of nitrogens with zero attached hydrogens (tertiary/aromatic N) is 2. The van der Waals surface area contributed by atoms with Gasteiger partial charge < -0.3 is 0 Å². The first-order valence-corrected chi connectivity index (χ1v) is 9.46. The second-order valence-electron chi connectivity index (χ2n) is 5.58. The molecular weight excluding hydrogens is 331 g/mol. The van der Waals surface area contributed by atoms with Crippen LogP contribution >= 0.6 is 23.2 Å². The Morgan fingerprint density at radius 3 is 2.76 bits per heavy atom. The molecule has 0 saturated carbocycles. The zero-order valence-corrected chi connectivity index (χ0v) is 14.0. The van der Waals surface area contributed by atoms with Gasteiger partial charge in [-0.25, -0.2) is 8.42 Å². The van der Waals surface area contributed by atoms with Crippen LogP contribution in [0.3, 0.4) is 0 Å². The topological polar surface area (TPSA) is 40.6 Å². The molecule has 0 bridgehead atoms. The van der Waals surface area contributed by atoms with E-state index < -0.39 is 10.0 Å². The van der Waals surface area contributed by atoms with E-state index in [-0.39, 0.29) is 10.8 Å². The Morgan fingerprint density at radius 1 is 1.24 bits per heavy atom. The Bertz CT molecular complexity index is 636. The standard InChI is InChI=1S/C14H18Cl2N2O2S/c15-9-11-3-4-13(8-14(11)16)21(19,20)18-7-6-17-5-1-2-12(17)10-18/h3-4,8,12H,1-2,5-7,9-10H2. The van der Waals surface area contributed by atoms with Crippen molar-refractivity contribution in [3.8, 4) is 0 Å². The minimum absolute atomic E-state index is 0.257. The van der Waals surface area contributed by atoms with Gasteiger partial charge in [-0.1, -0.05) is 17.7 Å². The number of hydrogen-bond donors (Lipinski definition) is 0. The van der Waals surface area contributed by atoms with Gasteiger partial charge in [-0.3, -0.25) is 4.90 Å². The van der Waals surface area contributed by atoms with Gasteiger partial charge in [0.15, 0.2) is 0 Å². The molecule has 1 atom stereocenters. The van der Waals surface area contributed by atoms with Gasteiger partial charge in [-0.2, -0.15) is 4.31 Å². The summed E-state index contributed by atoms with van der Waals surface area (Å²) < 4.78 is 27.1. The molecule has 3 rings (SSSR count). The number of alkyl halides is 1. The molecule has 0 aromatic heterocycles. The van der Waals surface area contributed by atoms with Crippen LogP contribution in [0, 0.1) is 0 Å². The minimum atomic E-state index is -3.47. The second-order valence-corrected chi connectivity index (χ2v) is 8.19. The molecule has 2 heterocycles. The molecule has 1 aromatic rings. The second kappa shape index (κ2) is 6.05. The maximum absolute atomic E-state index is 12.7. The third kappa shape index (κ3) is 2.94. The highest BCUT2D eigenvalue weighted by Crippen LogP contribution is 2.28. The molecule has 0 aliphatic carbocycles. The smallest absolute Gasteiger partial charge is 0.243 e. The van der Waals surface area contributed by atoms with Crippen LogP contribution in [0.2, 0.25) is 5.02 Å². The van der Waals surface area contributed by atoms with E-state index in [4.69, 9.17) is 23.2 Å². The first-order valence-electron chi connectivity index (χ1n) is 7.11. The maximum atomic E-state index is 12.7. The first-order chi connectivity index (χ1) is 10.0. The molecule has 2 fully saturated rings. The lowest BCUT2D eigenvalue weighted by Crippen LogP contribution is -2.51. The molecule has 2 saturated heterocycles. The minimum Gasteiger partial charge on any atom is -0.298 e. The molecule has 2 aliphatic heterocycles. The fourth-order valence-corrected chi connectivity index (χ4v) is 5.24. The summed E-state index contributed by atoms with van der Waals surface area (Å²) in [6.07, 6.45) is 2.24. The SMILES string of the molecule is O=S(=O)(c1ccc(CCl)c(Cl)c1)N1CCN2CCCC2C1. The van der Waals surface area contributed by atoms with E-state index in [2.05, 4.69) is 4.90 Å². The van der Waals surface area contributed by atoms with Crippen molar-refractivity contribution in [3.63, 3.8) is 0 Å². The number of sulfonamides is 1. The van der Waals surface area contributed by atoms with Crippen molar-refractivity contribution in [1.82, 2.24) is 9.21 Å². The van der Waals surface area contributed by atoms with Crippen molar-refractivity contribution in [2.45, 2.75) is 29.7 Å². The van der Waals surface area contributed by atoms with Crippen molar-refractivity contribution in [3.05, 3.63) is 28.8 Å². The van der Waals surface area contributed by atoms with E-state index in [9.17, 15) is 8.42 Å². The Kier molecular flexibility index (Phi) is 4.48. The van der Waals surface area contributed by atoms with Crippen LogP contribution in [0.5, 0.6) is 0 Å². The van der Waals surface area contributed by atoms with E-state index in [0.717, 1.165) is 31.5 Å². The summed E-state index contributed by atoms with van der Waals surface area (Å²) in [4.78, 5) is 2.64. The molecule has 0 radical (unpaired) electrons. The Labute approximate surface area is 135 Å². The Balaban J connectivity index is 1.85. The largest absolute Gasteiger partial charge is 0.298 e. The van der Waals surface area contributed by atoms with Crippen molar-refractivity contribution in [2.75, 3.05) is 26.2 Å². The first kappa shape index (κ1) is 15.6. The van der Waals surface area contributed by atoms with Crippen LogP contribution in [0.4, 0.5) is 0 Å². The van der Waals surface area contributed by atoms with Crippen molar-refractivity contribution >= 4 is 33.2 Å². The van der Waals surface area contributed by atoms with Crippen molar-refractivity contribution in [2.24, 2.45) is 0 Å². The number of rotatable bonds is 3. The average Bonchev–Trinajstić information content (AvgIpc) is 2.94. The summed E-state index contributed by atoms with van der Waals surface area (Å²) in [5, 5.41) is 0.408. The lowest BCUT2D eigenvalue weighted by molar-refractivity contribution is 0.158. The summed E-state index contributed by atoms with van der Waals surface area (Å²) in [6, 6.07) is 5.16. The summed E-state index contributed by atoms with van der Waals surface area (Å²) in [5.74, 6) is 0.278. The van der Waals surface area contributed by atoms with Crippen LogP contribution < -0.4 is 0 Å². The molecule has 1 unspecified atom stereocenters. The molecule has 0 spiro atoms. The van der Waals surface area contributed by atoms with E-state index in [0.29, 0.717) is 24.2 Å². The quantitative estimate of drug-likeness (QED) is 0.788. The monoisotopic (exact) mass is 348 g/mol. The summed E-state index contributed by atoms with van der Waals surface area (Å²) >= 11 is 11.8. The van der Waals surface area contributed by atoms with E-state index in [1.165, 1.54) is 6.07 Å². The van der Waals surface area contributed by atoms with E-state index in [1.807, 2.05) is 0 Å². The van der Waals surface area contributed by atoms with Gasteiger partial charge in [0.05, 0.1) is 4.90 Å². The van der Waals surface area contributed by atoms with Crippen LogP contribution in [0.1, 0.15) is 18.4 Å². The van der Waals surface area contributed by atoms with Gasteiger partial charge in [0, 0.05) is 36.6 Å². The number of fused-ring (bicyclic) bond motifs is 1. The van der Waals surface area contributed by atoms with Gasteiger partial charge in [-0.15, -0.1) is 11.6 Å². The molecule has 116 valence electrons. The highest BCUT2D eigenvalue weighted by Gasteiger charge is 2.36. The zero-order valence-electron chi connectivity index (χ0n) is 11.6. The molecule has 0 amide bonds. The van der Waals surface area contributed by atoms with Crippen LogP contribution in [0.25, 0.3) is 0 Å². The van der Waals surface area contributed by atoms with Gasteiger partial charge in [0.1, 0.15) is 0 Å². The van der Waals surface area contributed by atoms with Crippen LogP contribution in [-0.2, 0) is 15.9 Å². The number of benzene rings is 1. The predicted octanol–water partition coefficient (Wildman–Crippen LogP) is 2.55. The molecule has 2 aliphatic rings. The maximum Gasteiger partial charge on any atom is 0.243 e. The van der Waals surface area contributed by atoms with Crippen LogP contribution in [-0.4, -0.2) is 49.8 Å². The fraction of sp³-hybridized carbons (Fsp3) is 0.571. The van der Waals surface area contributed by atoms with E-state index in [1.54, 1.807) is 16.4 Å². The number of hydrogen-bond acceptors (Lipinski definition) is 3. The molecule has 0 N–H and O–H groups in total. The lowest BCUT2D eigenvalue weighted by Gasteiger charge is -2.36. The van der Waals surface area contributed by atoms with Gasteiger partial charge >= 0.3 is 0 Å². The number of piperazine rings is 1. The number of halogens is 2. The van der Waals surface area contributed by atoms with E-state index >= 15 is 0 Å². The Morgan fingerprint density at radius 2 is 2.05 bits per heavy atom. The molecule has 1 aromatic carbocycles. The lowest BCUT2D eigenvalue weighted by atomic mass is 10.2. The van der Waals surface area contributed by atoms with Crippen LogP contribution in [0.15, 0.2) is 23.1 Å². The molecule has 4 nitrogen and oxygen atoms in total. The summed E-state index contributed by atoms with van der Waals surface area (Å²) in [5.41, 5.74) is 0.748. The highest BCUT2D eigenvalue weighted by atomic mass is 35.5. The predicted molar refractivity (Wildman–Crippen MR) is 84.4 cm³/mol. The highest BCUT2D eigenvalue weighted by molar-refractivity contribution is 7.89. The van der Waals surface area contributed by atoms with Gasteiger partial charge in [0.2, 0.25) is 10.0 Å². The third-order valence-electron chi connectivity index (χ3n) is 4.36. The summed E-state index contributed by atoms with van der Waals surface area (Å²) in [7, 11) is -3.47. The fourth-order valence-electron chi connectivity index (χ4n) is 3.13. The zero-order chi connectivity index (χ0) is 15.0. The summed E-state index contributed by atoms with van der Waals surface area (Å²) in [6.45, 7) is 3.04. The Hall–Kier alpha value is -0.330. The molecule has 7 heteroatoms. The normalized spacial score (nSPS) is 24.2. The molecular formula is C14H18Cl2N2O2S. The van der Waals surface area contributed by atoms with Gasteiger partial charge in [-0.05, 0) is 37.1 Å². The van der Waals surface area contributed by atoms with Crippen molar-refractivity contribution < 1.29 is 8.42 Å². The van der Waals surface area contributed by atoms with Gasteiger partial charge in [0.25, 0.3) is 0 Å².